The molecule has 2 heterocycles. The number of amides is 1. The molecule has 12 heteroatoms. The van der Waals surface area contributed by atoms with E-state index in [1.54, 1.807) is 12.1 Å². The number of rotatable bonds is 10. The van der Waals surface area contributed by atoms with E-state index in [1.165, 1.54) is 0 Å². The molecule has 0 unspecified atom stereocenters. The maximum absolute atomic E-state index is 12.2. The number of nitrogens with zero attached hydrogens (tertiary/aromatic N) is 3. The Hall–Kier alpha value is -3.71. The summed E-state index contributed by atoms with van der Waals surface area (Å²) in [7, 11) is 0. The van der Waals surface area contributed by atoms with Gasteiger partial charge in [-0.25, -0.2) is 9.59 Å². The quantitative estimate of drug-likeness (QED) is 0.406. The Bertz CT molecular complexity index is 932. The SMILES string of the molecule is N#CCCN(C(=O)OCc1ccccc1)C1(C(=O)O)COC1.N#CCCNC1(C(=O)O)COC1. The summed E-state index contributed by atoms with van der Waals surface area (Å²) in [6.07, 6.45) is -0.422. The van der Waals surface area contributed by atoms with Crippen LogP contribution in [-0.4, -0.2) is 83.7 Å². The molecule has 34 heavy (non-hydrogen) atoms. The van der Waals surface area contributed by atoms with Gasteiger partial charge in [-0.05, 0) is 5.56 Å². The summed E-state index contributed by atoms with van der Waals surface area (Å²) in [6.45, 7) is 0.592. The van der Waals surface area contributed by atoms with E-state index in [9.17, 15) is 19.5 Å². The monoisotopic (exact) mass is 474 g/mol. The molecule has 3 rings (SSSR count). The minimum Gasteiger partial charge on any atom is -0.480 e. The summed E-state index contributed by atoms with van der Waals surface area (Å²) in [5.41, 5.74) is -1.58. The molecule has 0 atom stereocenters. The molecule has 0 aromatic heterocycles. The van der Waals surface area contributed by atoms with E-state index < -0.39 is 29.1 Å². The van der Waals surface area contributed by atoms with Gasteiger partial charge >= 0.3 is 18.0 Å². The maximum atomic E-state index is 12.2. The van der Waals surface area contributed by atoms with Gasteiger partial charge in [-0.1, -0.05) is 30.3 Å². The first-order valence-corrected chi connectivity index (χ1v) is 10.4. The number of aliphatic carboxylic acids is 2. The van der Waals surface area contributed by atoms with E-state index in [4.69, 9.17) is 29.8 Å². The van der Waals surface area contributed by atoms with E-state index in [0.717, 1.165) is 10.5 Å². The van der Waals surface area contributed by atoms with Crippen molar-refractivity contribution in [2.24, 2.45) is 0 Å². The number of nitrogens with one attached hydrogen (secondary N) is 1. The number of benzene rings is 1. The first kappa shape index (κ1) is 26.5. The molecule has 2 aliphatic rings. The van der Waals surface area contributed by atoms with Crippen molar-refractivity contribution in [2.45, 2.75) is 30.5 Å². The van der Waals surface area contributed by atoms with Crippen LogP contribution in [-0.2, 0) is 30.4 Å². The van der Waals surface area contributed by atoms with Crippen molar-refractivity contribution in [1.82, 2.24) is 10.2 Å². The van der Waals surface area contributed by atoms with Crippen molar-refractivity contribution in [3.8, 4) is 12.1 Å². The highest BCUT2D eigenvalue weighted by Crippen LogP contribution is 2.27. The van der Waals surface area contributed by atoms with Crippen molar-refractivity contribution < 1.29 is 38.8 Å². The van der Waals surface area contributed by atoms with Gasteiger partial charge in [-0.15, -0.1) is 0 Å². The third-order valence-electron chi connectivity index (χ3n) is 5.28. The molecule has 1 aromatic carbocycles. The topological polar surface area (TPSA) is 182 Å². The zero-order valence-electron chi connectivity index (χ0n) is 18.4. The number of hydrogen-bond donors (Lipinski definition) is 3. The normalized spacial score (nSPS) is 16.6. The van der Waals surface area contributed by atoms with E-state index >= 15 is 0 Å². The highest BCUT2D eigenvalue weighted by atomic mass is 16.6. The number of carbonyl (C=O) groups excluding carboxylic acids is 1. The Morgan fingerprint density at radius 1 is 1.00 bits per heavy atom. The number of carboxylic acid groups (broad SMARTS) is 2. The minimum absolute atomic E-state index is 0.0141. The molecule has 12 nitrogen and oxygen atoms in total. The van der Waals surface area contributed by atoms with Crippen LogP contribution in [0.25, 0.3) is 0 Å². The third-order valence-corrected chi connectivity index (χ3v) is 5.28. The predicted molar refractivity (Wildman–Crippen MR) is 114 cm³/mol. The average molecular weight is 474 g/mol. The van der Waals surface area contributed by atoms with Crippen molar-refractivity contribution >= 4 is 18.0 Å². The van der Waals surface area contributed by atoms with Crippen molar-refractivity contribution in [2.75, 3.05) is 39.5 Å². The molecular formula is C22H26N4O8. The fourth-order valence-electron chi connectivity index (χ4n) is 3.09. The molecule has 2 aliphatic heterocycles. The summed E-state index contributed by atoms with van der Waals surface area (Å²) >= 11 is 0. The van der Waals surface area contributed by atoms with Gasteiger partial charge in [0.15, 0.2) is 11.1 Å². The molecule has 1 amide bonds. The second-order valence-electron chi connectivity index (χ2n) is 7.64. The minimum atomic E-state index is -1.44. The Labute approximate surface area is 196 Å². The largest absolute Gasteiger partial charge is 0.480 e. The van der Waals surface area contributed by atoms with Crippen LogP contribution in [0.5, 0.6) is 0 Å². The first-order chi connectivity index (χ1) is 16.3. The number of nitriles is 2. The number of hydrogen-bond acceptors (Lipinski definition) is 9. The van der Waals surface area contributed by atoms with Crippen LogP contribution in [0, 0.1) is 22.7 Å². The van der Waals surface area contributed by atoms with Gasteiger partial charge in [0, 0.05) is 19.5 Å². The van der Waals surface area contributed by atoms with Gasteiger partial charge in [-0.3, -0.25) is 15.0 Å². The second kappa shape index (κ2) is 12.5. The van der Waals surface area contributed by atoms with Gasteiger partial charge in [0.25, 0.3) is 0 Å². The molecule has 182 valence electrons. The van der Waals surface area contributed by atoms with Gasteiger partial charge in [0.05, 0.1) is 45.0 Å². The summed E-state index contributed by atoms with van der Waals surface area (Å²) in [5.74, 6) is -2.07. The Kier molecular flexibility index (Phi) is 9.76. The van der Waals surface area contributed by atoms with Crippen molar-refractivity contribution in [1.29, 1.82) is 10.5 Å². The van der Waals surface area contributed by atoms with Crippen LogP contribution in [0.4, 0.5) is 4.79 Å². The maximum Gasteiger partial charge on any atom is 0.411 e. The molecule has 0 aliphatic carbocycles. The highest BCUT2D eigenvalue weighted by molar-refractivity contribution is 5.85. The fourth-order valence-corrected chi connectivity index (χ4v) is 3.09. The molecule has 1 aromatic rings. The Morgan fingerprint density at radius 2 is 1.62 bits per heavy atom. The Balaban J connectivity index is 0.000000287. The highest BCUT2D eigenvalue weighted by Gasteiger charge is 2.54. The molecule has 0 radical (unpaired) electrons. The standard InChI is InChI=1S/C15H16N2O5.C7H10N2O3/c16-7-4-8-17(15(13(18)19)10-21-11-15)14(20)22-9-12-5-2-1-3-6-12;8-2-1-3-9-7(6(10)11)4-12-5-7/h1-3,5-6H,4,8-11H2,(H,18,19);9H,1,3-5H2,(H,10,11). The fraction of sp³-hybridized carbons (Fsp3) is 0.500. The Morgan fingerprint density at radius 3 is 2.06 bits per heavy atom. The molecule has 0 spiro atoms. The van der Waals surface area contributed by atoms with E-state index in [0.29, 0.717) is 13.0 Å². The van der Waals surface area contributed by atoms with E-state index in [-0.39, 0.29) is 46.0 Å². The molecule has 0 saturated carbocycles. The van der Waals surface area contributed by atoms with Crippen LogP contribution in [0.2, 0.25) is 0 Å². The van der Waals surface area contributed by atoms with Crippen LogP contribution < -0.4 is 5.32 Å². The summed E-state index contributed by atoms with van der Waals surface area (Å²) in [4.78, 5) is 35.5. The lowest BCUT2D eigenvalue weighted by Crippen LogP contribution is -2.68. The lowest BCUT2D eigenvalue weighted by Gasteiger charge is -2.44. The van der Waals surface area contributed by atoms with Gasteiger partial charge in [0.1, 0.15) is 6.61 Å². The van der Waals surface area contributed by atoms with Gasteiger partial charge < -0.3 is 24.4 Å². The van der Waals surface area contributed by atoms with E-state index in [2.05, 4.69) is 5.32 Å². The third kappa shape index (κ3) is 6.42. The molecule has 3 N–H and O–H groups in total. The zero-order valence-corrected chi connectivity index (χ0v) is 18.4. The van der Waals surface area contributed by atoms with Crippen LogP contribution in [0.15, 0.2) is 30.3 Å². The molecule has 0 bridgehead atoms. The number of ether oxygens (including phenoxy) is 3. The second-order valence-corrected chi connectivity index (χ2v) is 7.64. The van der Waals surface area contributed by atoms with Crippen molar-refractivity contribution in [3.05, 3.63) is 35.9 Å². The molecule has 2 fully saturated rings. The average Bonchev–Trinajstić information content (AvgIpc) is 2.76. The van der Waals surface area contributed by atoms with Crippen LogP contribution >= 0.6 is 0 Å². The van der Waals surface area contributed by atoms with Crippen LogP contribution in [0.3, 0.4) is 0 Å². The zero-order chi connectivity index (χ0) is 25.0. The smallest absolute Gasteiger partial charge is 0.411 e. The lowest BCUT2D eigenvalue weighted by molar-refractivity contribution is -0.183. The summed E-state index contributed by atoms with van der Waals surface area (Å²) in [6, 6.07) is 12.9. The number of carboxylic acids is 2. The van der Waals surface area contributed by atoms with E-state index in [1.807, 2.05) is 30.3 Å². The molecular weight excluding hydrogens is 448 g/mol. The lowest BCUT2D eigenvalue weighted by atomic mass is 9.95. The van der Waals surface area contributed by atoms with Gasteiger partial charge in [0.2, 0.25) is 0 Å². The van der Waals surface area contributed by atoms with Crippen molar-refractivity contribution in [3.63, 3.8) is 0 Å². The van der Waals surface area contributed by atoms with Crippen LogP contribution in [0.1, 0.15) is 18.4 Å². The number of carbonyl (C=O) groups is 3. The van der Waals surface area contributed by atoms with Gasteiger partial charge in [-0.2, -0.15) is 10.5 Å². The predicted octanol–water partition coefficient (Wildman–Crippen LogP) is 0.736. The summed E-state index contributed by atoms with van der Waals surface area (Å²) in [5, 5.41) is 37.8. The summed E-state index contributed by atoms with van der Waals surface area (Å²) < 4.78 is 14.9. The molecule has 2 saturated heterocycles. The first-order valence-electron chi connectivity index (χ1n) is 10.4.